The van der Waals surface area contributed by atoms with Gasteiger partial charge in [0.2, 0.25) is 0 Å². The molecular formula is C14H9BI2. The number of halogens is 2. The third-order valence-electron chi connectivity index (χ3n) is 2.98. The Morgan fingerprint density at radius 3 is 1.88 bits per heavy atom. The zero-order chi connectivity index (χ0) is 11.8. The molecule has 3 aromatic rings. The van der Waals surface area contributed by atoms with E-state index in [1.165, 1.54) is 27.0 Å². The van der Waals surface area contributed by atoms with Crippen molar-refractivity contribution in [3.63, 3.8) is 0 Å². The van der Waals surface area contributed by atoms with Gasteiger partial charge in [-0.15, -0.1) is 44.7 Å². The number of hydrogen-bond donors (Lipinski definition) is 0. The summed E-state index contributed by atoms with van der Waals surface area (Å²) in [4.78, 5) is 0. The average molecular weight is 442 g/mol. The van der Waals surface area contributed by atoms with E-state index < -0.39 is 0 Å². The van der Waals surface area contributed by atoms with Crippen LogP contribution in [0, 0.1) is 0 Å². The molecule has 0 aliphatic rings. The van der Waals surface area contributed by atoms with Crippen LogP contribution >= 0.6 is 44.7 Å². The maximum Gasteiger partial charge on any atom is 0.320 e. The van der Waals surface area contributed by atoms with Gasteiger partial charge < -0.3 is 0 Å². The summed E-state index contributed by atoms with van der Waals surface area (Å²) in [5, 5.41) is 5.28. The number of hydrogen-bond acceptors (Lipinski definition) is 0. The molecule has 82 valence electrons. The van der Waals surface area contributed by atoms with Crippen LogP contribution in [0.2, 0.25) is 0 Å². The lowest BCUT2D eigenvalue weighted by molar-refractivity contribution is 1.79. The molecule has 3 rings (SSSR count). The van der Waals surface area contributed by atoms with E-state index in [2.05, 4.69) is 99.3 Å². The van der Waals surface area contributed by atoms with Crippen molar-refractivity contribution in [1.29, 1.82) is 0 Å². The zero-order valence-corrected chi connectivity index (χ0v) is 13.3. The second-order valence-electron chi connectivity index (χ2n) is 4.11. The van der Waals surface area contributed by atoms with Gasteiger partial charge in [0.05, 0.1) is 0 Å². The molecule has 17 heavy (non-hydrogen) atoms. The summed E-state index contributed by atoms with van der Waals surface area (Å²) in [6.45, 7) is 0. The van der Waals surface area contributed by atoms with E-state index in [9.17, 15) is 0 Å². The van der Waals surface area contributed by atoms with Crippen LogP contribution in [0.15, 0.2) is 54.6 Å². The Morgan fingerprint density at radius 1 is 0.647 bits per heavy atom. The first-order valence-electron chi connectivity index (χ1n) is 5.45. The van der Waals surface area contributed by atoms with Gasteiger partial charge in [-0.1, -0.05) is 47.9 Å². The highest BCUT2D eigenvalue weighted by Crippen LogP contribution is 2.22. The fourth-order valence-corrected chi connectivity index (χ4v) is 2.87. The Bertz CT molecular complexity index is 692. The van der Waals surface area contributed by atoms with Crippen LogP contribution in [0.25, 0.3) is 21.5 Å². The summed E-state index contributed by atoms with van der Waals surface area (Å²) in [5.41, 5.74) is 1.38. The van der Waals surface area contributed by atoms with Gasteiger partial charge in [0, 0.05) is 0 Å². The van der Waals surface area contributed by atoms with Crippen LogP contribution in [-0.4, -0.2) is 2.43 Å². The van der Waals surface area contributed by atoms with E-state index in [4.69, 9.17) is 0 Å². The highest BCUT2D eigenvalue weighted by molar-refractivity contribution is 14.3. The molecule has 0 aliphatic heterocycles. The normalized spacial score (nSPS) is 10.9. The first-order chi connectivity index (χ1) is 8.24. The molecule has 0 heterocycles. The van der Waals surface area contributed by atoms with Crippen LogP contribution in [0.3, 0.4) is 0 Å². The minimum absolute atomic E-state index is 0.529. The molecule has 0 saturated heterocycles. The van der Waals surface area contributed by atoms with Gasteiger partial charge in [-0.3, -0.25) is 0 Å². The maximum atomic E-state index is 2.45. The molecule has 0 spiro atoms. The molecule has 0 fully saturated rings. The Balaban J connectivity index is 2.32. The maximum absolute atomic E-state index is 2.45. The van der Waals surface area contributed by atoms with Gasteiger partial charge >= 0.3 is 2.43 Å². The van der Waals surface area contributed by atoms with Gasteiger partial charge in [-0.2, -0.15) is 0 Å². The van der Waals surface area contributed by atoms with E-state index in [0.717, 1.165) is 0 Å². The monoisotopic (exact) mass is 442 g/mol. The van der Waals surface area contributed by atoms with Crippen LogP contribution in [-0.2, 0) is 0 Å². The Morgan fingerprint density at radius 2 is 1.24 bits per heavy atom. The molecule has 0 nitrogen and oxygen atoms in total. The molecule has 0 aromatic heterocycles. The summed E-state index contributed by atoms with van der Waals surface area (Å²) < 4.78 is 0.529. The topological polar surface area (TPSA) is 0 Å². The van der Waals surface area contributed by atoms with Crippen LogP contribution in [0.1, 0.15) is 0 Å². The van der Waals surface area contributed by atoms with Crippen molar-refractivity contribution < 1.29 is 0 Å². The fraction of sp³-hybridized carbons (Fsp3) is 0. The van der Waals surface area contributed by atoms with Gasteiger partial charge in [0.1, 0.15) is 0 Å². The molecule has 0 N–H and O–H groups in total. The van der Waals surface area contributed by atoms with Crippen molar-refractivity contribution in [2.75, 3.05) is 0 Å². The van der Waals surface area contributed by atoms with Gasteiger partial charge in [0.15, 0.2) is 0 Å². The van der Waals surface area contributed by atoms with E-state index in [-0.39, 0.29) is 0 Å². The Hall–Kier alpha value is -0.295. The molecular weight excluding hydrogens is 433 g/mol. The second-order valence-corrected chi connectivity index (χ2v) is 8.98. The van der Waals surface area contributed by atoms with Crippen molar-refractivity contribution in [3.8, 4) is 0 Å². The molecule has 0 unspecified atom stereocenters. The number of benzene rings is 3. The lowest BCUT2D eigenvalue weighted by atomic mass is 9.92. The highest BCUT2D eigenvalue weighted by atomic mass is 127. The van der Waals surface area contributed by atoms with Crippen molar-refractivity contribution in [3.05, 3.63) is 54.6 Å². The summed E-state index contributed by atoms with van der Waals surface area (Å²) >= 11 is 4.89. The van der Waals surface area contributed by atoms with E-state index in [0.29, 0.717) is 2.43 Å². The van der Waals surface area contributed by atoms with Gasteiger partial charge in [-0.05, 0) is 33.7 Å². The van der Waals surface area contributed by atoms with Crippen molar-refractivity contribution >= 4 is 74.2 Å². The van der Waals surface area contributed by atoms with Gasteiger partial charge in [0.25, 0.3) is 0 Å². The largest absolute Gasteiger partial charge is 0.320 e. The first kappa shape index (κ1) is 11.8. The molecule has 0 bridgehead atoms. The van der Waals surface area contributed by atoms with Crippen LogP contribution in [0.5, 0.6) is 0 Å². The van der Waals surface area contributed by atoms with Crippen molar-refractivity contribution in [2.24, 2.45) is 0 Å². The van der Waals surface area contributed by atoms with Crippen LogP contribution < -0.4 is 5.46 Å². The van der Waals surface area contributed by atoms with E-state index in [1.807, 2.05) is 0 Å². The Labute approximate surface area is 128 Å². The molecule has 0 saturated carbocycles. The molecule has 3 aromatic carbocycles. The second kappa shape index (κ2) is 4.76. The first-order valence-corrected chi connectivity index (χ1v) is 7.94. The average Bonchev–Trinajstić information content (AvgIpc) is 2.35. The number of fused-ring (bicyclic) bond motifs is 2. The van der Waals surface area contributed by atoms with E-state index in [1.54, 1.807) is 0 Å². The smallest absolute Gasteiger partial charge is 0.127 e. The summed E-state index contributed by atoms with van der Waals surface area (Å²) in [5.74, 6) is 0. The van der Waals surface area contributed by atoms with E-state index >= 15 is 0 Å². The third-order valence-corrected chi connectivity index (χ3v) is 4.42. The SMILES string of the molecule is IB(I)c1ccc2cc3ccccc3cc2c1. The minimum Gasteiger partial charge on any atom is -0.127 e. The zero-order valence-electron chi connectivity index (χ0n) is 9.03. The molecule has 0 amide bonds. The molecule has 3 heteroatoms. The predicted molar refractivity (Wildman–Crippen MR) is 94.9 cm³/mol. The standard InChI is InChI=1S/C14H9BI2/c16-15(17)14-6-5-12-7-10-3-1-2-4-11(10)8-13(12)9-14/h1-9H. The van der Waals surface area contributed by atoms with Crippen molar-refractivity contribution in [2.45, 2.75) is 0 Å². The van der Waals surface area contributed by atoms with Crippen molar-refractivity contribution in [1.82, 2.24) is 0 Å². The molecule has 0 aliphatic carbocycles. The minimum atomic E-state index is 0.529. The predicted octanol–water partition coefficient (Wildman–Crippen LogP) is 4.56. The molecule has 0 radical (unpaired) electrons. The summed E-state index contributed by atoms with van der Waals surface area (Å²) in [7, 11) is 0. The quantitative estimate of drug-likeness (QED) is 0.295. The van der Waals surface area contributed by atoms with Gasteiger partial charge in [-0.25, -0.2) is 0 Å². The lowest BCUT2D eigenvalue weighted by Gasteiger charge is -2.05. The fourth-order valence-electron chi connectivity index (χ4n) is 2.09. The molecule has 0 atom stereocenters. The lowest BCUT2D eigenvalue weighted by Crippen LogP contribution is -2.15. The highest BCUT2D eigenvalue weighted by Gasteiger charge is 2.08. The van der Waals surface area contributed by atoms with Crippen LogP contribution in [0.4, 0.5) is 0 Å². The summed E-state index contributed by atoms with van der Waals surface area (Å²) in [6.07, 6.45) is 0. The number of rotatable bonds is 1. The third kappa shape index (κ3) is 2.31. The summed E-state index contributed by atoms with van der Waals surface area (Å²) in [6, 6.07) is 19.8. The Kier molecular flexibility index (Phi) is 3.30.